The van der Waals surface area contributed by atoms with Crippen molar-refractivity contribution in [1.29, 1.82) is 0 Å². The third-order valence-electron chi connectivity index (χ3n) is 3.46. The van der Waals surface area contributed by atoms with Gasteiger partial charge in [-0.15, -0.1) is 0 Å². The Labute approximate surface area is 142 Å². The van der Waals surface area contributed by atoms with Gasteiger partial charge in [-0.25, -0.2) is 9.78 Å². The molecule has 3 rings (SSSR count). The normalized spacial score (nSPS) is 10.4. The fraction of sp³-hybridized carbons (Fsp3) is 0.111. The van der Waals surface area contributed by atoms with Crippen LogP contribution in [0, 0.1) is 10.1 Å². The van der Waals surface area contributed by atoms with E-state index < -0.39 is 10.5 Å². The van der Waals surface area contributed by atoms with Crippen molar-refractivity contribution in [3.05, 3.63) is 75.1 Å². The van der Waals surface area contributed by atoms with E-state index in [0.29, 0.717) is 29.2 Å². The molecule has 0 saturated heterocycles. The van der Waals surface area contributed by atoms with Crippen LogP contribution in [0.4, 0.5) is 5.69 Å². The lowest BCUT2D eigenvalue weighted by atomic mass is 10.1. The van der Waals surface area contributed by atoms with Gasteiger partial charge in [-0.1, -0.05) is 0 Å². The van der Waals surface area contributed by atoms with Gasteiger partial charge >= 0.3 is 5.63 Å². The van der Waals surface area contributed by atoms with Crippen LogP contribution in [-0.4, -0.2) is 16.5 Å². The maximum atomic E-state index is 11.9. The van der Waals surface area contributed by atoms with Gasteiger partial charge in [0.25, 0.3) is 5.69 Å². The Bertz CT molecular complexity index is 946. The third kappa shape index (κ3) is 3.72. The van der Waals surface area contributed by atoms with E-state index in [0.717, 1.165) is 0 Å². The molecule has 1 heterocycles. The average molecular weight is 338 g/mol. The highest BCUT2D eigenvalue weighted by atomic mass is 16.6. The Morgan fingerprint density at radius 2 is 1.72 bits per heavy atom. The minimum atomic E-state index is -0.549. The number of aromatic nitrogens is 1. The number of nitrogens with zero attached hydrogens (tertiary/aromatic N) is 2. The maximum absolute atomic E-state index is 11.9. The summed E-state index contributed by atoms with van der Waals surface area (Å²) < 4.78 is 10.5. The van der Waals surface area contributed by atoms with Gasteiger partial charge in [0.2, 0.25) is 5.89 Å². The number of rotatable bonds is 5. The summed E-state index contributed by atoms with van der Waals surface area (Å²) in [5, 5.41) is 10.7. The fourth-order valence-corrected chi connectivity index (χ4v) is 2.29. The summed E-state index contributed by atoms with van der Waals surface area (Å²) in [6.45, 7) is 2.45. The van der Waals surface area contributed by atoms with Crippen molar-refractivity contribution in [1.82, 2.24) is 4.98 Å². The minimum absolute atomic E-state index is 0.0292. The molecule has 7 heteroatoms. The number of nitro benzene ring substituents is 1. The first-order chi connectivity index (χ1) is 12.1. The Hall–Kier alpha value is -3.48. The van der Waals surface area contributed by atoms with E-state index in [1.165, 1.54) is 18.2 Å². The van der Waals surface area contributed by atoms with E-state index >= 15 is 0 Å². The van der Waals surface area contributed by atoms with E-state index in [4.69, 9.17) is 9.15 Å². The molecule has 25 heavy (non-hydrogen) atoms. The van der Waals surface area contributed by atoms with E-state index in [2.05, 4.69) is 4.98 Å². The van der Waals surface area contributed by atoms with Gasteiger partial charge in [-0.2, -0.15) is 0 Å². The van der Waals surface area contributed by atoms with Crippen LogP contribution in [0.1, 0.15) is 6.92 Å². The Balaban J connectivity index is 1.97. The van der Waals surface area contributed by atoms with E-state index in [9.17, 15) is 14.9 Å². The fourth-order valence-electron chi connectivity index (χ4n) is 2.29. The van der Waals surface area contributed by atoms with E-state index in [-0.39, 0.29) is 11.6 Å². The molecule has 3 aromatic rings. The summed E-state index contributed by atoms with van der Waals surface area (Å²) >= 11 is 0. The maximum Gasteiger partial charge on any atom is 0.339 e. The zero-order valence-electron chi connectivity index (χ0n) is 13.3. The monoisotopic (exact) mass is 338 g/mol. The van der Waals surface area contributed by atoms with Gasteiger partial charge in [-0.3, -0.25) is 10.1 Å². The first-order valence-electron chi connectivity index (χ1n) is 7.57. The molecule has 0 aliphatic heterocycles. The average Bonchev–Trinajstić information content (AvgIpc) is 2.62. The highest BCUT2D eigenvalue weighted by Gasteiger charge is 2.10. The number of ether oxygens (including phenoxy) is 1. The minimum Gasteiger partial charge on any atom is -0.494 e. The number of benzene rings is 2. The highest BCUT2D eigenvalue weighted by Crippen LogP contribution is 2.24. The molecule has 0 atom stereocenters. The summed E-state index contributed by atoms with van der Waals surface area (Å²) in [6, 6.07) is 14.1. The number of non-ortho nitro benzene ring substituents is 1. The molecule has 1 aromatic heterocycles. The van der Waals surface area contributed by atoms with Crippen LogP contribution in [0.3, 0.4) is 0 Å². The predicted octanol–water partition coefficient (Wildman–Crippen LogP) is 3.68. The van der Waals surface area contributed by atoms with E-state index in [1.54, 1.807) is 36.4 Å². The first-order valence-corrected chi connectivity index (χ1v) is 7.57. The molecule has 0 bridgehead atoms. The van der Waals surface area contributed by atoms with Crippen molar-refractivity contribution < 1.29 is 14.1 Å². The van der Waals surface area contributed by atoms with Crippen molar-refractivity contribution in [3.8, 4) is 28.5 Å². The number of nitro groups is 1. The second kappa shape index (κ2) is 6.96. The highest BCUT2D eigenvalue weighted by molar-refractivity contribution is 5.63. The number of hydrogen-bond acceptors (Lipinski definition) is 6. The lowest BCUT2D eigenvalue weighted by Gasteiger charge is -2.05. The lowest BCUT2D eigenvalue weighted by molar-refractivity contribution is -0.384. The van der Waals surface area contributed by atoms with Crippen LogP contribution in [0.2, 0.25) is 0 Å². The van der Waals surface area contributed by atoms with Gasteiger partial charge in [0, 0.05) is 23.3 Å². The van der Waals surface area contributed by atoms with Crippen LogP contribution >= 0.6 is 0 Å². The van der Waals surface area contributed by atoms with Crippen LogP contribution < -0.4 is 10.4 Å². The Morgan fingerprint density at radius 3 is 2.32 bits per heavy atom. The third-order valence-corrected chi connectivity index (χ3v) is 3.46. The zero-order valence-corrected chi connectivity index (χ0v) is 13.3. The van der Waals surface area contributed by atoms with Gasteiger partial charge in [0.05, 0.1) is 23.3 Å². The molecule has 0 spiro atoms. The lowest BCUT2D eigenvalue weighted by Crippen LogP contribution is -2.02. The van der Waals surface area contributed by atoms with Crippen molar-refractivity contribution in [2.24, 2.45) is 0 Å². The summed E-state index contributed by atoms with van der Waals surface area (Å²) in [5.74, 6) is 0.879. The predicted molar refractivity (Wildman–Crippen MR) is 91.5 cm³/mol. The van der Waals surface area contributed by atoms with Gasteiger partial charge < -0.3 is 9.15 Å². The largest absolute Gasteiger partial charge is 0.494 e. The van der Waals surface area contributed by atoms with Crippen molar-refractivity contribution >= 4 is 5.69 Å². The quantitative estimate of drug-likeness (QED) is 0.520. The smallest absolute Gasteiger partial charge is 0.339 e. The SMILES string of the molecule is CCOc1ccc(-c2nc(-c3ccc([N+](=O)[O-])cc3)cc(=O)o2)cc1. The molecule has 0 fully saturated rings. The molecule has 0 aliphatic rings. The molecular weight excluding hydrogens is 324 g/mol. The van der Waals surface area contributed by atoms with Crippen LogP contribution in [0.15, 0.2) is 63.8 Å². The van der Waals surface area contributed by atoms with Crippen molar-refractivity contribution in [3.63, 3.8) is 0 Å². The molecule has 0 amide bonds. The van der Waals surface area contributed by atoms with Crippen molar-refractivity contribution in [2.75, 3.05) is 6.61 Å². The molecule has 0 N–H and O–H groups in total. The first kappa shape index (κ1) is 16.4. The van der Waals surface area contributed by atoms with Crippen LogP contribution in [0.25, 0.3) is 22.7 Å². The second-order valence-corrected chi connectivity index (χ2v) is 5.13. The molecule has 126 valence electrons. The van der Waals surface area contributed by atoms with Gasteiger partial charge in [0.1, 0.15) is 5.75 Å². The van der Waals surface area contributed by atoms with E-state index in [1.807, 2.05) is 6.92 Å². The summed E-state index contributed by atoms with van der Waals surface area (Å²) in [6.07, 6.45) is 0. The molecule has 0 unspecified atom stereocenters. The standard InChI is InChI=1S/C18H14N2O5/c1-2-24-15-9-5-13(6-10-15)18-19-16(11-17(21)25-18)12-3-7-14(8-4-12)20(22)23/h3-11H,2H2,1H3. The topological polar surface area (TPSA) is 95.5 Å². The molecule has 0 aliphatic carbocycles. The molecule has 0 radical (unpaired) electrons. The second-order valence-electron chi connectivity index (χ2n) is 5.13. The van der Waals surface area contributed by atoms with Gasteiger partial charge in [0.15, 0.2) is 0 Å². The van der Waals surface area contributed by atoms with Crippen LogP contribution in [-0.2, 0) is 0 Å². The molecule has 7 nitrogen and oxygen atoms in total. The Morgan fingerprint density at radius 1 is 1.08 bits per heavy atom. The Kier molecular flexibility index (Phi) is 4.56. The molecule has 2 aromatic carbocycles. The van der Waals surface area contributed by atoms with Crippen molar-refractivity contribution in [2.45, 2.75) is 6.92 Å². The summed E-state index contributed by atoms with van der Waals surface area (Å²) in [5.41, 5.74) is 1.02. The summed E-state index contributed by atoms with van der Waals surface area (Å²) in [7, 11) is 0. The van der Waals surface area contributed by atoms with Gasteiger partial charge in [-0.05, 0) is 43.3 Å². The summed E-state index contributed by atoms with van der Waals surface area (Å²) in [4.78, 5) is 26.5. The van der Waals surface area contributed by atoms with Crippen LogP contribution in [0.5, 0.6) is 5.75 Å². The molecular formula is C18H14N2O5. The number of hydrogen-bond donors (Lipinski definition) is 0. The molecule has 0 saturated carbocycles. The zero-order chi connectivity index (χ0) is 17.8.